The average molecular weight is 217 g/mol. The van der Waals surface area contributed by atoms with Crippen LogP contribution in [-0.2, 0) is 6.42 Å². The Balaban J connectivity index is 2.35. The van der Waals surface area contributed by atoms with Crippen LogP contribution in [0.5, 0.6) is 0 Å². The van der Waals surface area contributed by atoms with Gasteiger partial charge in [0, 0.05) is 18.3 Å². The number of benzene rings is 1. The quantitative estimate of drug-likeness (QED) is 0.790. The van der Waals surface area contributed by atoms with E-state index in [-0.39, 0.29) is 6.04 Å². The second-order valence-electron chi connectivity index (χ2n) is 4.07. The molecule has 0 saturated heterocycles. The number of aromatic carboxylic acids is 1. The molecule has 3 nitrogen and oxygen atoms in total. The summed E-state index contributed by atoms with van der Waals surface area (Å²) in [6.07, 6.45) is 2.81. The molecule has 2 rings (SSSR count). The normalized spacial score (nSPS) is 15.7. The number of carboxylic acids is 1. The highest BCUT2D eigenvalue weighted by molar-refractivity contribution is 5.88. The topological polar surface area (TPSA) is 40.5 Å². The molecule has 1 heterocycles. The van der Waals surface area contributed by atoms with Crippen molar-refractivity contribution in [2.75, 3.05) is 11.4 Å². The molecule has 0 aliphatic carbocycles. The van der Waals surface area contributed by atoms with Gasteiger partial charge in [0.15, 0.2) is 0 Å². The van der Waals surface area contributed by atoms with Crippen LogP contribution in [-0.4, -0.2) is 23.7 Å². The fourth-order valence-corrected chi connectivity index (χ4v) is 2.11. The molecule has 1 unspecified atom stereocenters. The smallest absolute Gasteiger partial charge is 0.335 e. The Hall–Kier alpha value is -1.77. The van der Waals surface area contributed by atoms with Crippen molar-refractivity contribution < 1.29 is 9.90 Å². The molecule has 3 heteroatoms. The van der Waals surface area contributed by atoms with Crippen molar-refractivity contribution in [2.24, 2.45) is 0 Å². The van der Waals surface area contributed by atoms with Gasteiger partial charge in [-0.25, -0.2) is 4.79 Å². The van der Waals surface area contributed by atoms with Crippen molar-refractivity contribution in [3.05, 3.63) is 42.0 Å². The molecule has 0 aromatic heterocycles. The largest absolute Gasteiger partial charge is 0.478 e. The van der Waals surface area contributed by atoms with Crippen LogP contribution in [0.25, 0.3) is 0 Å². The average Bonchev–Trinajstić information content (AvgIpc) is 2.70. The maximum atomic E-state index is 10.8. The van der Waals surface area contributed by atoms with Gasteiger partial charge in [0.05, 0.1) is 5.56 Å². The number of carboxylic acid groups (broad SMARTS) is 1. The number of rotatable bonds is 3. The highest BCUT2D eigenvalue weighted by atomic mass is 16.4. The number of anilines is 1. The zero-order valence-electron chi connectivity index (χ0n) is 9.31. The Kier molecular flexibility index (Phi) is 2.69. The number of carbonyl (C=O) groups is 1. The predicted molar refractivity (Wildman–Crippen MR) is 64.1 cm³/mol. The lowest BCUT2D eigenvalue weighted by Gasteiger charge is -2.24. The van der Waals surface area contributed by atoms with Gasteiger partial charge >= 0.3 is 5.97 Å². The summed E-state index contributed by atoms with van der Waals surface area (Å²) in [7, 11) is 0. The molecule has 84 valence electrons. The highest BCUT2D eigenvalue weighted by Gasteiger charge is 2.22. The standard InChI is InChI=1S/C13H15NO2/c1-3-9(2)14-7-6-10-8-11(13(15)16)4-5-12(10)14/h3-5,8-9H,1,6-7H2,2H3,(H,15,16). The van der Waals surface area contributed by atoms with Crippen molar-refractivity contribution in [3.63, 3.8) is 0 Å². The van der Waals surface area contributed by atoms with Crippen molar-refractivity contribution >= 4 is 11.7 Å². The van der Waals surface area contributed by atoms with E-state index in [1.807, 2.05) is 12.1 Å². The fraction of sp³-hybridized carbons (Fsp3) is 0.308. The summed E-state index contributed by atoms with van der Waals surface area (Å²) < 4.78 is 0. The first-order valence-corrected chi connectivity index (χ1v) is 5.39. The highest BCUT2D eigenvalue weighted by Crippen LogP contribution is 2.30. The van der Waals surface area contributed by atoms with Gasteiger partial charge < -0.3 is 10.0 Å². The van der Waals surface area contributed by atoms with Crippen LogP contribution >= 0.6 is 0 Å². The van der Waals surface area contributed by atoms with Gasteiger partial charge in [-0.15, -0.1) is 6.58 Å². The minimum Gasteiger partial charge on any atom is -0.478 e. The lowest BCUT2D eigenvalue weighted by molar-refractivity contribution is 0.0697. The first-order chi connectivity index (χ1) is 7.63. The molecule has 16 heavy (non-hydrogen) atoms. The maximum absolute atomic E-state index is 10.8. The van der Waals surface area contributed by atoms with Crippen LogP contribution in [0, 0.1) is 0 Å². The minimum absolute atomic E-state index is 0.289. The van der Waals surface area contributed by atoms with Gasteiger partial charge in [0.25, 0.3) is 0 Å². The molecule has 1 atom stereocenters. The van der Waals surface area contributed by atoms with E-state index in [1.54, 1.807) is 12.1 Å². The van der Waals surface area contributed by atoms with Gasteiger partial charge in [-0.05, 0) is 37.1 Å². The van der Waals surface area contributed by atoms with Crippen molar-refractivity contribution in [2.45, 2.75) is 19.4 Å². The van der Waals surface area contributed by atoms with E-state index in [1.165, 1.54) is 0 Å². The minimum atomic E-state index is -0.863. The molecular formula is C13H15NO2. The summed E-state index contributed by atoms with van der Waals surface area (Å²) in [4.78, 5) is 13.1. The summed E-state index contributed by atoms with van der Waals surface area (Å²) in [5, 5.41) is 8.91. The third kappa shape index (κ3) is 1.69. The molecule has 1 aromatic rings. The van der Waals surface area contributed by atoms with Gasteiger partial charge in [-0.3, -0.25) is 0 Å². The van der Waals surface area contributed by atoms with Crippen LogP contribution in [0.15, 0.2) is 30.9 Å². The number of hydrogen-bond donors (Lipinski definition) is 1. The van der Waals surface area contributed by atoms with E-state index in [0.29, 0.717) is 5.56 Å². The molecule has 0 fully saturated rings. The summed E-state index contributed by atoms with van der Waals surface area (Å²) in [6, 6.07) is 5.62. The Morgan fingerprint density at radius 1 is 1.62 bits per heavy atom. The first-order valence-electron chi connectivity index (χ1n) is 5.39. The van der Waals surface area contributed by atoms with Crippen LogP contribution in [0.3, 0.4) is 0 Å². The fourth-order valence-electron chi connectivity index (χ4n) is 2.11. The number of nitrogens with zero attached hydrogens (tertiary/aromatic N) is 1. The molecule has 1 aromatic carbocycles. The third-order valence-corrected chi connectivity index (χ3v) is 3.09. The molecule has 0 saturated carbocycles. The second kappa shape index (κ2) is 4.00. The summed E-state index contributed by atoms with van der Waals surface area (Å²) in [5.41, 5.74) is 2.62. The number of fused-ring (bicyclic) bond motifs is 1. The molecule has 1 aliphatic rings. The summed E-state index contributed by atoms with van der Waals surface area (Å²) in [5.74, 6) is -0.863. The lowest BCUT2D eigenvalue weighted by Crippen LogP contribution is -2.29. The molecule has 0 amide bonds. The van der Waals surface area contributed by atoms with E-state index >= 15 is 0 Å². The van der Waals surface area contributed by atoms with E-state index in [2.05, 4.69) is 18.4 Å². The van der Waals surface area contributed by atoms with Gasteiger partial charge in [0.1, 0.15) is 0 Å². The molecular weight excluding hydrogens is 202 g/mol. The monoisotopic (exact) mass is 217 g/mol. The zero-order chi connectivity index (χ0) is 11.7. The van der Waals surface area contributed by atoms with Crippen molar-refractivity contribution in [1.29, 1.82) is 0 Å². The zero-order valence-corrected chi connectivity index (χ0v) is 9.31. The summed E-state index contributed by atoms with van der Waals surface area (Å²) in [6.45, 7) is 6.81. The van der Waals surface area contributed by atoms with E-state index in [4.69, 9.17) is 5.11 Å². The predicted octanol–water partition coefficient (Wildman–Crippen LogP) is 2.32. The van der Waals surface area contributed by atoms with Crippen LogP contribution in [0.4, 0.5) is 5.69 Å². The molecule has 1 aliphatic heterocycles. The molecule has 0 spiro atoms. The van der Waals surface area contributed by atoms with Gasteiger partial charge in [0.2, 0.25) is 0 Å². The van der Waals surface area contributed by atoms with Crippen LogP contribution in [0.1, 0.15) is 22.8 Å². The SMILES string of the molecule is C=CC(C)N1CCc2cc(C(=O)O)ccc21. The van der Waals surface area contributed by atoms with Crippen LogP contribution < -0.4 is 4.90 Å². The van der Waals surface area contributed by atoms with E-state index in [9.17, 15) is 4.79 Å². The Bertz CT molecular complexity index is 440. The van der Waals surface area contributed by atoms with Crippen molar-refractivity contribution in [3.8, 4) is 0 Å². The number of hydrogen-bond acceptors (Lipinski definition) is 2. The molecule has 1 N–H and O–H groups in total. The van der Waals surface area contributed by atoms with Crippen molar-refractivity contribution in [1.82, 2.24) is 0 Å². The third-order valence-electron chi connectivity index (χ3n) is 3.09. The molecule has 0 bridgehead atoms. The maximum Gasteiger partial charge on any atom is 0.335 e. The van der Waals surface area contributed by atoms with Gasteiger partial charge in [-0.1, -0.05) is 6.08 Å². The Morgan fingerprint density at radius 3 is 3.00 bits per heavy atom. The Labute approximate surface area is 95.0 Å². The summed E-state index contributed by atoms with van der Waals surface area (Å²) >= 11 is 0. The van der Waals surface area contributed by atoms with E-state index in [0.717, 1.165) is 24.2 Å². The van der Waals surface area contributed by atoms with Gasteiger partial charge in [-0.2, -0.15) is 0 Å². The van der Waals surface area contributed by atoms with Crippen LogP contribution in [0.2, 0.25) is 0 Å². The first kappa shape index (κ1) is 10.7. The lowest BCUT2D eigenvalue weighted by atomic mass is 10.1. The van der Waals surface area contributed by atoms with E-state index < -0.39 is 5.97 Å². The molecule has 0 radical (unpaired) electrons. The second-order valence-corrected chi connectivity index (χ2v) is 4.07. The Morgan fingerprint density at radius 2 is 2.38 bits per heavy atom.